The molecule has 0 amide bonds. The molecule has 0 saturated heterocycles. The predicted molar refractivity (Wildman–Crippen MR) is 90.3 cm³/mol. The molecule has 1 heterocycles. The number of fused-ring (bicyclic) bond motifs is 1. The quantitative estimate of drug-likeness (QED) is 0.877. The molecule has 21 heavy (non-hydrogen) atoms. The number of nitrogens with one attached hydrogen (secondary N) is 1. The minimum atomic E-state index is -0.115. The third kappa shape index (κ3) is 3.39. The number of rotatable bonds is 4. The molecule has 1 aromatic heterocycles. The highest BCUT2D eigenvalue weighted by Gasteiger charge is 2.12. The molecule has 0 aliphatic heterocycles. The zero-order valence-electron chi connectivity index (χ0n) is 12.6. The molecule has 0 bridgehead atoms. The molecule has 2 aromatic rings. The van der Waals surface area contributed by atoms with Gasteiger partial charge in [0.05, 0.1) is 10.9 Å². The lowest BCUT2D eigenvalue weighted by molar-refractivity contribution is 0.614. The number of thiocarbonyl (C=S) groups is 1. The van der Waals surface area contributed by atoms with E-state index >= 15 is 0 Å². The van der Waals surface area contributed by atoms with E-state index in [2.05, 4.69) is 17.3 Å². The lowest BCUT2D eigenvalue weighted by Gasteiger charge is -2.19. The zero-order chi connectivity index (χ0) is 15.4. The maximum atomic E-state index is 12.7. The molecule has 0 aliphatic rings. The van der Waals surface area contributed by atoms with Gasteiger partial charge in [-0.3, -0.25) is 10.2 Å². The maximum Gasteiger partial charge on any atom is 0.280 e. The van der Waals surface area contributed by atoms with Crippen LogP contribution in [-0.4, -0.2) is 33.8 Å². The molecule has 2 rings (SSSR count). The first-order valence-corrected chi connectivity index (χ1v) is 7.44. The van der Waals surface area contributed by atoms with Crippen LogP contribution in [0.4, 0.5) is 0 Å². The Morgan fingerprint density at radius 2 is 2.10 bits per heavy atom. The Balaban J connectivity index is 2.55. The number of hydrogen-bond acceptors (Lipinski definition) is 3. The predicted octanol–water partition coefficient (Wildman–Crippen LogP) is 2.13. The van der Waals surface area contributed by atoms with Crippen LogP contribution in [0.2, 0.25) is 0 Å². The number of unbranched alkanes of at least 4 members (excludes halogenated alkanes) is 1. The Morgan fingerprint density at radius 1 is 1.38 bits per heavy atom. The van der Waals surface area contributed by atoms with Gasteiger partial charge in [0.1, 0.15) is 5.82 Å². The summed E-state index contributed by atoms with van der Waals surface area (Å²) >= 11 is 5.24. The summed E-state index contributed by atoms with van der Waals surface area (Å²) in [6, 6.07) is 7.37. The normalized spacial score (nSPS) is 10.6. The Bertz CT molecular complexity index is 708. The van der Waals surface area contributed by atoms with E-state index in [0.717, 1.165) is 24.8 Å². The monoisotopic (exact) mass is 304 g/mol. The Labute approximate surface area is 129 Å². The van der Waals surface area contributed by atoms with Crippen LogP contribution in [0.1, 0.15) is 25.6 Å². The van der Waals surface area contributed by atoms with Crippen molar-refractivity contribution in [3.63, 3.8) is 0 Å². The number of para-hydroxylation sites is 1. The summed E-state index contributed by atoms with van der Waals surface area (Å²) in [6.45, 7) is 2.11. The smallest absolute Gasteiger partial charge is 0.280 e. The van der Waals surface area contributed by atoms with Crippen molar-refractivity contribution < 1.29 is 0 Å². The number of aromatic nitrogens is 2. The van der Waals surface area contributed by atoms with Gasteiger partial charge in [-0.2, -0.15) is 0 Å². The third-order valence-electron chi connectivity index (χ3n) is 3.21. The van der Waals surface area contributed by atoms with Gasteiger partial charge >= 0.3 is 0 Å². The van der Waals surface area contributed by atoms with E-state index in [4.69, 9.17) is 12.2 Å². The van der Waals surface area contributed by atoms with Crippen molar-refractivity contribution in [2.45, 2.75) is 26.2 Å². The number of nitrogens with zero attached hydrogens (tertiary/aromatic N) is 3. The average molecular weight is 304 g/mol. The van der Waals surface area contributed by atoms with Crippen LogP contribution >= 0.6 is 12.2 Å². The first-order valence-electron chi connectivity index (χ1n) is 7.03. The second kappa shape index (κ2) is 6.67. The molecule has 5 nitrogen and oxygen atoms in total. The van der Waals surface area contributed by atoms with Crippen LogP contribution in [0.5, 0.6) is 0 Å². The number of aryl methyl sites for hydroxylation is 1. The van der Waals surface area contributed by atoms with Crippen LogP contribution in [0.15, 0.2) is 29.1 Å². The summed E-state index contributed by atoms with van der Waals surface area (Å²) in [5.74, 6) is 0.713. The molecule has 0 aliphatic carbocycles. The SMILES string of the molecule is CCCCc1nc2ccccc2c(=O)n1NC(=S)N(C)C. The largest absolute Gasteiger partial charge is 0.354 e. The van der Waals surface area contributed by atoms with E-state index in [-0.39, 0.29) is 5.56 Å². The summed E-state index contributed by atoms with van der Waals surface area (Å²) in [6.07, 6.45) is 2.75. The fourth-order valence-electron chi connectivity index (χ4n) is 1.99. The van der Waals surface area contributed by atoms with Crippen molar-refractivity contribution in [1.82, 2.24) is 14.6 Å². The van der Waals surface area contributed by atoms with Crippen molar-refractivity contribution >= 4 is 28.2 Å². The molecule has 0 saturated carbocycles. The van der Waals surface area contributed by atoms with Gasteiger partial charge in [0.15, 0.2) is 5.11 Å². The highest BCUT2D eigenvalue weighted by atomic mass is 32.1. The lowest BCUT2D eigenvalue weighted by Crippen LogP contribution is -2.40. The van der Waals surface area contributed by atoms with E-state index < -0.39 is 0 Å². The second-order valence-corrected chi connectivity index (χ2v) is 5.49. The molecule has 6 heteroatoms. The summed E-state index contributed by atoms with van der Waals surface area (Å²) in [7, 11) is 3.67. The van der Waals surface area contributed by atoms with Gasteiger partial charge in [-0.25, -0.2) is 9.66 Å². The minimum absolute atomic E-state index is 0.115. The molecule has 1 aromatic carbocycles. The first kappa shape index (κ1) is 15.4. The number of hydrogen-bond donors (Lipinski definition) is 1. The van der Waals surface area contributed by atoms with Crippen LogP contribution in [-0.2, 0) is 6.42 Å². The van der Waals surface area contributed by atoms with E-state index in [1.807, 2.05) is 32.3 Å². The van der Waals surface area contributed by atoms with Crippen LogP contribution in [0.3, 0.4) is 0 Å². The fraction of sp³-hybridized carbons (Fsp3) is 0.400. The summed E-state index contributed by atoms with van der Waals surface area (Å²) < 4.78 is 1.47. The molecule has 0 radical (unpaired) electrons. The highest BCUT2D eigenvalue weighted by molar-refractivity contribution is 7.80. The van der Waals surface area contributed by atoms with Crippen molar-refractivity contribution in [3.05, 3.63) is 40.4 Å². The van der Waals surface area contributed by atoms with E-state index in [9.17, 15) is 4.79 Å². The van der Waals surface area contributed by atoms with Gasteiger partial charge in [0.2, 0.25) is 0 Å². The van der Waals surface area contributed by atoms with Gasteiger partial charge in [-0.1, -0.05) is 25.5 Å². The average Bonchev–Trinajstić information content (AvgIpc) is 2.48. The minimum Gasteiger partial charge on any atom is -0.354 e. The Morgan fingerprint density at radius 3 is 2.76 bits per heavy atom. The third-order valence-corrected chi connectivity index (χ3v) is 3.67. The van der Waals surface area contributed by atoms with Gasteiger partial charge in [-0.15, -0.1) is 0 Å². The van der Waals surface area contributed by atoms with Crippen molar-refractivity contribution in [3.8, 4) is 0 Å². The topological polar surface area (TPSA) is 50.2 Å². The molecule has 1 N–H and O–H groups in total. The maximum absolute atomic E-state index is 12.7. The van der Waals surface area contributed by atoms with Crippen molar-refractivity contribution in [2.24, 2.45) is 0 Å². The zero-order valence-corrected chi connectivity index (χ0v) is 13.4. The summed E-state index contributed by atoms with van der Waals surface area (Å²) in [5, 5.41) is 1.07. The van der Waals surface area contributed by atoms with E-state index in [1.165, 1.54) is 4.68 Å². The molecular weight excluding hydrogens is 284 g/mol. The van der Waals surface area contributed by atoms with Crippen LogP contribution in [0.25, 0.3) is 10.9 Å². The molecule has 0 spiro atoms. The first-order chi connectivity index (χ1) is 10.0. The molecular formula is C15H20N4OS. The summed E-state index contributed by atoms with van der Waals surface area (Å²) in [5.41, 5.74) is 3.59. The molecule has 0 atom stereocenters. The van der Waals surface area contributed by atoms with E-state index in [1.54, 1.807) is 11.0 Å². The molecule has 0 unspecified atom stereocenters. The van der Waals surface area contributed by atoms with Gasteiger partial charge in [-0.05, 0) is 30.8 Å². The van der Waals surface area contributed by atoms with E-state index in [0.29, 0.717) is 16.3 Å². The highest BCUT2D eigenvalue weighted by Crippen LogP contribution is 2.09. The van der Waals surface area contributed by atoms with Crippen molar-refractivity contribution in [2.75, 3.05) is 19.5 Å². The van der Waals surface area contributed by atoms with Crippen LogP contribution < -0.4 is 11.0 Å². The second-order valence-electron chi connectivity index (χ2n) is 5.10. The lowest BCUT2D eigenvalue weighted by atomic mass is 10.2. The Hall–Kier alpha value is -1.95. The van der Waals surface area contributed by atoms with Gasteiger partial charge in [0, 0.05) is 20.5 Å². The van der Waals surface area contributed by atoms with Gasteiger partial charge < -0.3 is 4.90 Å². The molecule has 112 valence electrons. The van der Waals surface area contributed by atoms with Crippen molar-refractivity contribution in [1.29, 1.82) is 0 Å². The standard InChI is InChI=1S/C15H20N4OS/c1-4-5-10-13-16-12-9-7-6-8-11(12)14(20)19(13)17-15(21)18(2)3/h6-9H,4-5,10H2,1-3H3,(H,17,21). The molecule has 0 fully saturated rings. The van der Waals surface area contributed by atoms with Gasteiger partial charge in [0.25, 0.3) is 5.56 Å². The Kier molecular flexibility index (Phi) is 4.90. The number of benzene rings is 1. The fourth-order valence-corrected chi connectivity index (χ4v) is 2.08. The summed E-state index contributed by atoms with van der Waals surface area (Å²) in [4.78, 5) is 19.0. The van der Waals surface area contributed by atoms with Crippen LogP contribution in [0, 0.1) is 0 Å².